The van der Waals surface area contributed by atoms with Crippen LogP contribution in [0.15, 0.2) is 48.5 Å². The third kappa shape index (κ3) is 6.08. The minimum Gasteiger partial charge on any atom is -0.497 e. The van der Waals surface area contributed by atoms with Crippen LogP contribution in [0.25, 0.3) is 0 Å². The first-order valence-electron chi connectivity index (χ1n) is 8.21. The van der Waals surface area contributed by atoms with Crippen molar-refractivity contribution in [2.75, 3.05) is 19.0 Å². The summed E-state index contributed by atoms with van der Waals surface area (Å²) in [6.45, 7) is 2.01. The van der Waals surface area contributed by atoms with Crippen molar-refractivity contribution in [2.24, 2.45) is 0 Å². The Kier molecular flexibility index (Phi) is 6.96. The van der Waals surface area contributed by atoms with E-state index in [0.717, 1.165) is 5.56 Å². The molecule has 0 fully saturated rings. The van der Waals surface area contributed by atoms with Crippen molar-refractivity contribution >= 4 is 17.6 Å². The number of carbonyl (C=O) groups excluding carboxylic acids is 2. The van der Waals surface area contributed by atoms with Gasteiger partial charge in [-0.15, -0.1) is 0 Å². The van der Waals surface area contributed by atoms with E-state index in [1.807, 2.05) is 6.92 Å². The van der Waals surface area contributed by atoms with Crippen LogP contribution in [-0.4, -0.2) is 25.6 Å². The summed E-state index contributed by atoms with van der Waals surface area (Å²) in [4.78, 5) is 23.7. The van der Waals surface area contributed by atoms with Crippen LogP contribution in [0.2, 0.25) is 0 Å². The fourth-order valence-electron chi connectivity index (χ4n) is 2.29. The van der Waals surface area contributed by atoms with Gasteiger partial charge < -0.3 is 20.7 Å². The smallest absolute Gasteiger partial charge is 0.319 e. The number of nitrogens with one attached hydrogen (secondary N) is 3. The van der Waals surface area contributed by atoms with E-state index in [9.17, 15) is 14.0 Å². The average Bonchev–Trinajstić information content (AvgIpc) is 2.62. The van der Waals surface area contributed by atoms with Gasteiger partial charge in [-0.1, -0.05) is 12.1 Å². The molecule has 3 amide bonds. The normalized spacial score (nSPS) is 11.3. The molecule has 0 bridgehead atoms. The number of benzene rings is 2. The Morgan fingerprint density at radius 1 is 1.08 bits per heavy atom. The molecule has 0 saturated heterocycles. The van der Waals surface area contributed by atoms with E-state index in [1.54, 1.807) is 43.5 Å². The third-order valence-corrected chi connectivity index (χ3v) is 3.73. The van der Waals surface area contributed by atoms with Gasteiger partial charge in [0.15, 0.2) is 0 Å². The second-order valence-electron chi connectivity index (χ2n) is 5.70. The van der Waals surface area contributed by atoms with E-state index in [2.05, 4.69) is 16.0 Å². The molecule has 1 unspecified atom stereocenters. The number of hydrogen-bond acceptors (Lipinski definition) is 3. The number of amides is 3. The van der Waals surface area contributed by atoms with E-state index in [-0.39, 0.29) is 30.7 Å². The number of hydrogen-bond donors (Lipinski definition) is 3. The van der Waals surface area contributed by atoms with Gasteiger partial charge in [0, 0.05) is 18.7 Å². The fraction of sp³-hybridized carbons (Fsp3) is 0.263. The van der Waals surface area contributed by atoms with E-state index < -0.39 is 6.03 Å². The highest BCUT2D eigenvalue weighted by Crippen LogP contribution is 2.15. The van der Waals surface area contributed by atoms with Gasteiger partial charge in [-0.3, -0.25) is 4.79 Å². The summed E-state index contributed by atoms with van der Waals surface area (Å²) >= 11 is 0. The Bertz CT molecular complexity index is 733. The largest absolute Gasteiger partial charge is 0.497 e. The molecule has 26 heavy (non-hydrogen) atoms. The second-order valence-corrected chi connectivity index (χ2v) is 5.70. The first-order chi connectivity index (χ1) is 12.5. The van der Waals surface area contributed by atoms with Crippen molar-refractivity contribution in [2.45, 2.75) is 19.4 Å². The maximum Gasteiger partial charge on any atom is 0.319 e. The number of methoxy groups -OCH3 is 1. The van der Waals surface area contributed by atoms with Crippen molar-refractivity contribution < 1.29 is 18.7 Å². The molecule has 2 aromatic carbocycles. The SMILES string of the molecule is COc1ccc(NC(=O)NCCC(=O)NC(C)c2ccc(F)cc2)cc1. The molecule has 6 nitrogen and oxygen atoms in total. The van der Waals surface area contributed by atoms with Gasteiger partial charge in [-0.2, -0.15) is 0 Å². The third-order valence-electron chi connectivity index (χ3n) is 3.73. The van der Waals surface area contributed by atoms with Gasteiger partial charge in [0.1, 0.15) is 11.6 Å². The molecule has 138 valence electrons. The number of anilines is 1. The summed E-state index contributed by atoms with van der Waals surface area (Å²) in [6.07, 6.45) is 0.140. The molecule has 0 aliphatic heterocycles. The molecule has 0 aliphatic carbocycles. The van der Waals surface area contributed by atoms with Crippen LogP contribution in [0, 0.1) is 5.82 Å². The molecule has 0 aromatic heterocycles. The highest BCUT2D eigenvalue weighted by molar-refractivity contribution is 5.89. The van der Waals surface area contributed by atoms with Crippen LogP contribution in [0.4, 0.5) is 14.9 Å². The quantitative estimate of drug-likeness (QED) is 0.710. The minimum absolute atomic E-state index is 0.140. The molecule has 7 heteroatoms. The average molecular weight is 359 g/mol. The summed E-state index contributed by atoms with van der Waals surface area (Å²) in [5.41, 5.74) is 1.43. The molecule has 0 spiro atoms. The minimum atomic E-state index is -0.394. The van der Waals surface area contributed by atoms with E-state index in [0.29, 0.717) is 11.4 Å². The summed E-state index contributed by atoms with van der Waals surface area (Å²) in [5.74, 6) is 0.175. The Morgan fingerprint density at radius 2 is 1.73 bits per heavy atom. The van der Waals surface area contributed by atoms with Crippen molar-refractivity contribution in [3.8, 4) is 5.75 Å². The zero-order valence-corrected chi connectivity index (χ0v) is 14.7. The first kappa shape index (κ1) is 19.2. The topological polar surface area (TPSA) is 79.5 Å². The van der Waals surface area contributed by atoms with Crippen LogP contribution in [-0.2, 0) is 4.79 Å². The Labute approximate surface area is 151 Å². The van der Waals surface area contributed by atoms with E-state index >= 15 is 0 Å². The first-order valence-corrected chi connectivity index (χ1v) is 8.21. The lowest BCUT2D eigenvalue weighted by Gasteiger charge is -2.14. The van der Waals surface area contributed by atoms with Gasteiger partial charge in [0.2, 0.25) is 5.91 Å². The molecule has 3 N–H and O–H groups in total. The van der Waals surface area contributed by atoms with Gasteiger partial charge in [0.25, 0.3) is 0 Å². The lowest BCUT2D eigenvalue weighted by molar-refractivity contribution is -0.121. The molecule has 0 radical (unpaired) electrons. The van der Waals surface area contributed by atoms with Gasteiger partial charge in [0.05, 0.1) is 13.2 Å². The van der Waals surface area contributed by atoms with Gasteiger partial charge in [-0.05, 0) is 48.9 Å². The summed E-state index contributed by atoms with van der Waals surface area (Å²) < 4.78 is 18.0. The predicted octanol–water partition coefficient (Wildman–Crippen LogP) is 3.22. The van der Waals surface area contributed by atoms with Crippen molar-refractivity contribution in [3.05, 3.63) is 59.9 Å². The predicted molar refractivity (Wildman–Crippen MR) is 97.6 cm³/mol. The van der Waals surface area contributed by atoms with Crippen molar-refractivity contribution in [3.63, 3.8) is 0 Å². The monoisotopic (exact) mass is 359 g/mol. The molecule has 2 rings (SSSR count). The number of rotatable bonds is 7. The summed E-state index contributed by atoms with van der Waals surface area (Å²) in [5, 5.41) is 8.09. The standard InChI is InChI=1S/C19H22FN3O3/c1-13(14-3-5-15(20)6-4-14)22-18(24)11-12-21-19(25)23-16-7-9-17(26-2)10-8-16/h3-10,13H,11-12H2,1-2H3,(H,22,24)(H2,21,23,25). The van der Waals surface area contributed by atoms with Gasteiger partial charge in [-0.25, -0.2) is 9.18 Å². The molecule has 0 heterocycles. The zero-order chi connectivity index (χ0) is 18.9. The van der Waals surface area contributed by atoms with Crippen LogP contribution in [0.5, 0.6) is 5.75 Å². The Balaban J connectivity index is 1.69. The molecule has 0 aliphatic rings. The maximum atomic E-state index is 12.9. The second kappa shape index (κ2) is 9.41. The van der Waals surface area contributed by atoms with Crippen LogP contribution >= 0.6 is 0 Å². The lowest BCUT2D eigenvalue weighted by atomic mass is 10.1. The highest BCUT2D eigenvalue weighted by Gasteiger charge is 2.10. The van der Waals surface area contributed by atoms with Crippen LogP contribution < -0.4 is 20.7 Å². The zero-order valence-electron chi connectivity index (χ0n) is 14.7. The van der Waals surface area contributed by atoms with E-state index in [4.69, 9.17) is 4.74 Å². The summed E-state index contributed by atoms with van der Waals surface area (Å²) in [7, 11) is 1.57. The fourth-order valence-corrected chi connectivity index (χ4v) is 2.29. The number of carbonyl (C=O) groups is 2. The lowest BCUT2D eigenvalue weighted by Crippen LogP contribution is -2.34. The highest BCUT2D eigenvalue weighted by atomic mass is 19.1. The number of halogens is 1. The van der Waals surface area contributed by atoms with Gasteiger partial charge >= 0.3 is 6.03 Å². The van der Waals surface area contributed by atoms with Crippen molar-refractivity contribution in [1.82, 2.24) is 10.6 Å². The summed E-state index contributed by atoms with van der Waals surface area (Å²) in [6, 6.07) is 12.2. The number of urea groups is 1. The Hall–Kier alpha value is -3.09. The van der Waals surface area contributed by atoms with Crippen LogP contribution in [0.1, 0.15) is 24.9 Å². The molecular weight excluding hydrogens is 337 g/mol. The van der Waals surface area contributed by atoms with Crippen LogP contribution in [0.3, 0.4) is 0 Å². The van der Waals surface area contributed by atoms with Crippen molar-refractivity contribution in [1.29, 1.82) is 0 Å². The molecular formula is C19H22FN3O3. The number of ether oxygens (including phenoxy) is 1. The molecule has 2 aromatic rings. The Morgan fingerprint density at radius 3 is 2.35 bits per heavy atom. The molecule has 0 saturated carbocycles. The molecule has 1 atom stereocenters. The maximum absolute atomic E-state index is 12.9. The van der Waals surface area contributed by atoms with E-state index in [1.165, 1.54) is 12.1 Å².